The lowest BCUT2D eigenvalue weighted by molar-refractivity contribution is -0.467. The van der Waals surface area contributed by atoms with Crippen LogP contribution in [0.5, 0.6) is 0 Å². The number of rotatable bonds is 4. The highest BCUT2D eigenvalue weighted by Crippen LogP contribution is 2.09. The third-order valence-electron chi connectivity index (χ3n) is 1.38. The molecule has 0 bridgehead atoms. The minimum absolute atomic E-state index is 0. The zero-order valence-electron chi connectivity index (χ0n) is 7.74. The van der Waals surface area contributed by atoms with Crippen LogP contribution in [0.25, 0.3) is 0 Å². The van der Waals surface area contributed by atoms with E-state index < -0.39 is 5.60 Å². The van der Waals surface area contributed by atoms with E-state index >= 15 is 0 Å². The molecule has 0 saturated heterocycles. The predicted molar refractivity (Wildman–Crippen MR) is 44.2 cm³/mol. The van der Waals surface area contributed by atoms with Crippen molar-refractivity contribution in [3.05, 3.63) is 0 Å². The van der Waals surface area contributed by atoms with Gasteiger partial charge in [-0.3, -0.25) is 0 Å². The van der Waals surface area contributed by atoms with Crippen molar-refractivity contribution in [2.75, 3.05) is 0 Å². The fraction of sp³-hybridized carbons (Fsp3) is 1.00. The van der Waals surface area contributed by atoms with E-state index in [1.807, 2.05) is 0 Å². The summed E-state index contributed by atoms with van der Waals surface area (Å²) >= 11 is 0. The molecule has 0 aromatic rings. The Labute approximate surface area is 64.2 Å². The topological polar surface area (TPSA) is 59.6 Å². The van der Waals surface area contributed by atoms with Crippen LogP contribution in [0.15, 0.2) is 0 Å². The first-order valence-corrected chi connectivity index (χ1v) is 3.76. The second-order valence-corrected chi connectivity index (χ2v) is 3.22. The molecule has 0 aromatic carbocycles. The Bertz CT molecular complexity index is 66.1. The van der Waals surface area contributed by atoms with Gasteiger partial charge in [-0.05, 0) is 0 Å². The molecule has 4 N–H and O–H groups in total. The van der Waals surface area contributed by atoms with Crippen molar-refractivity contribution >= 4 is 0 Å². The summed E-state index contributed by atoms with van der Waals surface area (Å²) in [6, 6.07) is 0. The van der Waals surface area contributed by atoms with Crippen LogP contribution in [0.2, 0.25) is 0 Å². The Morgan fingerprint density at radius 2 is 1.70 bits per heavy atom. The maximum absolute atomic E-state index is 11.0. The maximum Gasteiger partial charge on any atom is -0.0536 e. The van der Waals surface area contributed by atoms with Crippen molar-refractivity contribution in [1.82, 2.24) is 6.15 Å². The molecule has 0 rings (SSSR count). The van der Waals surface area contributed by atoms with Gasteiger partial charge in [-0.2, -0.15) is 0 Å². The SMILES string of the molecule is CCCCCC(C)(C)[O-].[NH4+]. The Morgan fingerprint density at radius 3 is 2.00 bits per heavy atom. The molecule has 0 unspecified atom stereocenters. The molecule has 64 valence electrons. The number of unbranched alkanes of at least 4 members (excludes halogenated alkanes) is 2. The normalized spacial score (nSPS) is 10.8. The van der Waals surface area contributed by atoms with Crippen LogP contribution in [0, 0.1) is 0 Å². The Hall–Kier alpha value is -0.0800. The first-order valence-electron chi connectivity index (χ1n) is 3.76. The third-order valence-corrected chi connectivity index (χ3v) is 1.38. The second-order valence-electron chi connectivity index (χ2n) is 3.22. The first-order chi connectivity index (χ1) is 4.06. The van der Waals surface area contributed by atoms with Gasteiger partial charge in [0.05, 0.1) is 0 Å². The van der Waals surface area contributed by atoms with E-state index in [2.05, 4.69) is 6.92 Å². The molecule has 0 amide bonds. The molecule has 0 aromatic heterocycles. The number of hydrogen-bond donors (Lipinski definition) is 1. The van der Waals surface area contributed by atoms with E-state index in [1.54, 1.807) is 13.8 Å². The molecule has 0 spiro atoms. The fourth-order valence-corrected chi connectivity index (χ4v) is 0.801. The molecule has 2 nitrogen and oxygen atoms in total. The predicted octanol–water partition coefficient (Wildman–Crippen LogP) is 2.08. The highest BCUT2D eigenvalue weighted by Gasteiger charge is 1.99. The van der Waals surface area contributed by atoms with Crippen LogP contribution in [0.4, 0.5) is 0 Å². The van der Waals surface area contributed by atoms with Gasteiger partial charge >= 0.3 is 0 Å². The Morgan fingerprint density at radius 1 is 1.20 bits per heavy atom. The third kappa shape index (κ3) is 10.8. The van der Waals surface area contributed by atoms with E-state index in [0.717, 1.165) is 12.8 Å². The summed E-state index contributed by atoms with van der Waals surface area (Å²) in [5, 5.41) is 11.0. The van der Waals surface area contributed by atoms with Crippen LogP contribution in [0.1, 0.15) is 46.5 Å². The van der Waals surface area contributed by atoms with Crippen LogP contribution >= 0.6 is 0 Å². The summed E-state index contributed by atoms with van der Waals surface area (Å²) < 4.78 is 0. The van der Waals surface area contributed by atoms with E-state index in [4.69, 9.17) is 0 Å². The van der Waals surface area contributed by atoms with Crippen molar-refractivity contribution in [3.63, 3.8) is 0 Å². The van der Waals surface area contributed by atoms with Crippen LogP contribution < -0.4 is 11.3 Å². The summed E-state index contributed by atoms with van der Waals surface area (Å²) in [5.41, 5.74) is -0.699. The van der Waals surface area contributed by atoms with Crippen molar-refractivity contribution in [1.29, 1.82) is 0 Å². The molecule has 2 heteroatoms. The van der Waals surface area contributed by atoms with Crippen molar-refractivity contribution in [2.45, 2.75) is 52.1 Å². The quantitative estimate of drug-likeness (QED) is 0.608. The van der Waals surface area contributed by atoms with Gasteiger partial charge in [0.2, 0.25) is 0 Å². The van der Waals surface area contributed by atoms with E-state index in [-0.39, 0.29) is 6.15 Å². The molecular formula is C8H21NO. The van der Waals surface area contributed by atoms with E-state index in [1.165, 1.54) is 12.8 Å². The molecule has 10 heavy (non-hydrogen) atoms. The molecule has 0 radical (unpaired) electrons. The minimum Gasteiger partial charge on any atom is -0.850 e. The first kappa shape index (κ1) is 12.6. The fourth-order valence-electron chi connectivity index (χ4n) is 0.801. The minimum atomic E-state index is -0.699. The molecule has 0 aliphatic heterocycles. The van der Waals surface area contributed by atoms with Gasteiger partial charge in [0.15, 0.2) is 0 Å². The average Bonchev–Trinajstić information content (AvgIpc) is 1.63. The van der Waals surface area contributed by atoms with Crippen LogP contribution in [-0.2, 0) is 0 Å². The van der Waals surface area contributed by atoms with Gasteiger partial charge < -0.3 is 11.3 Å². The van der Waals surface area contributed by atoms with Crippen molar-refractivity contribution in [2.24, 2.45) is 0 Å². The van der Waals surface area contributed by atoms with Gasteiger partial charge in [-0.25, -0.2) is 0 Å². The lowest BCUT2D eigenvalue weighted by Gasteiger charge is -2.31. The molecular weight excluding hydrogens is 126 g/mol. The molecule has 0 heterocycles. The lowest BCUT2D eigenvalue weighted by Crippen LogP contribution is -2.36. The molecule has 0 saturated carbocycles. The smallest absolute Gasteiger partial charge is 0.0536 e. The monoisotopic (exact) mass is 147 g/mol. The summed E-state index contributed by atoms with van der Waals surface area (Å²) in [6.45, 7) is 5.66. The van der Waals surface area contributed by atoms with Gasteiger partial charge in [-0.1, -0.05) is 46.5 Å². The van der Waals surface area contributed by atoms with Gasteiger partial charge in [0, 0.05) is 0 Å². The van der Waals surface area contributed by atoms with E-state index in [9.17, 15) is 5.11 Å². The van der Waals surface area contributed by atoms with Crippen LogP contribution in [0.3, 0.4) is 0 Å². The van der Waals surface area contributed by atoms with Crippen LogP contribution in [-0.4, -0.2) is 5.60 Å². The highest BCUT2D eigenvalue weighted by atomic mass is 16.3. The summed E-state index contributed by atoms with van der Waals surface area (Å²) in [7, 11) is 0. The Kier molecular flexibility index (Phi) is 7.15. The largest absolute Gasteiger partial charge is 0.850 e. The Balaban J connectivity index is 0. The summed E-state index contributed by atoms with van der Waals surface area (Å²) in [4.78, 5) is 0. The molecule has 0 aliphatic carbocycles. The highest BCUT2D eigenvalue weighted by molar-refractivity contribution is 4.61. The number of quaternary nitrogens is 1. The number of hydrogen-bond acceptors (Lipinski definition) is 1. The van der Waals surface area contributed by atoms with Gasteiger partial charge in [0.25, 0.3) is 0 Å². The molecule has 0 aliphatic rings. The second kappa shape index (κ2) is 5.69. The summed E-state index contributed by atoms with van der Waals surface area (Å²) in [5.74, 6) is 0. The summed E-state index contributed by atoms with van der Waals surface area (Å²) in [6.07, 6.45) is 4.32. The lowest BCUT2D eigenvalue weighted by atomic mass is 10.0. The van der Waals surface area contributed by atoms with Gasteiger partial charge in [0.1, 0.15) is 0 Å². The van der Waals surface area contributed by atoms with Gasteiger partial charge in [-0.15, -0.1) is 5.60 Å². The standard InChI is InChI=1S/C8H17O.H3N/c1-4-5-6-7-8(2,3)9;/h4-7H2,1-3H3;1H3/q-1;/p+1. The van der Waals surface area contributed by atoms with E-state index in [0.29, 0.717) is 0 Å². The zero-order valence-corrected chi connectivity index (χ0v) is 7.74. The molecule has 0 fully saturated rings. The zero-order chi connectivity index (χ0) is 7.33. The average molecular weight is 147 g/mol. The van der Waals surface area contributed by atoms with Crippen molar-refractivity contribution in [3.8, 4) is 0 Å². The maximum atomic E-state index is 11.0. The molecule has 0 atom stereocenters. The van der Waals surface area contributed by atoms with Crippen molar-refractivity contribution < 1.29 is 5.11 Å².